The molecule has 1 aliphatic rings. The molecular weight excluding hydrogens is 224 g/mol. The first-order valence-electron chi connectivity index (χ1n) is 6.00. The van der Waals surface area contributed by atoms with Crippen molar-refractivity contribution < 1.29 is 24.2 Å². The van der Waals surface area contributed by atoms with E-state index in [-0.39, 0.29) is 25.2 Å². The molecule has 0 saturated heterocycles. The van der Waals surface area contributed by atoms with Gasteiger partial charge < -0.3 is 9.84 Å². The van der Waals surface area contributed by atoms with Crippen molar-refractivity contribution in [2.24, 2.45) is 11.8 Å². The second kappa shape index (κ2) is 6.37. The third-order valence-electron chi connectivity index (χ3n) is 3.01. The molecule has 0 unspecified atom stereocenters. The fourth-order valence-electron chi connectivity index (χ4n) is 2.02. The van der Waals surface area contributed by atoms with Gasteiger partial charge in [-0.05, 0) is 12.8 Å². The molecule has 0 bridgehead atoms. The van der Waals surface area contributed by atoms with Gasteiger partial charge in [0.05, 0.1) is 12.5 Å². The largest absolute Gasteiger partial charge is 0.481 e. The fraction of sp³-hybridized carbons (Fsp3) is 0.750. The van der Waals surface area contributed by atoms with Gasteiger partial charge in [0.25, 0.3) is 0 Å². The van der Waals surface area contributed by atoms with Gasteiger partial charge in [0.2, 0.25) is 0 Å². The number of hydrogen-bond donors (Lipinski definition) is 1. The average molecular weight is 242 g/mol. The molecule has 0 heterocycles. The molecule has 0 radical (unpaired) electrons. The Labute approximate surface area is 100 Å². The topological polar surface area (TPSA) is 80.7 Å². The van der Waals surface area contributed by atoms with E-state index < -0.39 is 23.8 Å². The molecule has 0 spiro atoms. The normalized spacial score (nSPS) is 23.7. The van der Waals surface area contributed by atoms with Gasteiger partial charge in [-0.3, -0.25) is 14.4 Å². The van der Waals surface area contributed by atoms with Crippen molar-refractivity contribution in [1.82, 2.24) is 0 Å². The van der Waals surface area contributed by atoms with E-state index in [9.17, 15) is 14.4 Å². The number of carbonyl (C=O) groups excluding carboxylic acids is 2. The summed E-state index contributed by atoms with van der Waals surface area (Å²) < 4.78 is 4.96. The van der Waals surface area contributed by atoms with E-state index >= 15 is 0 Å². The maximum absolute atomic E-state index is 11.6. The molecule has 0 amide bonds. The fourth-order valence-corrected chi connectivity index (χ4v) is 2.02. The first kappa shape index (κ1) is 13.7. The van der Waals surface area contributed by atoms with Gasteiger partial charge in [-0.2, -0.15) is 0 Å². The lowest BCUT2D eigenvalue weighted by atomic mass is 9.96. The van der Waals surface area contributed by atoms with Crippen molar-refractivity contribution in [3.05, 3.63) is 0 Å². The van der Waals surface area contributed by atoms with Crippen LogP contribution in [0, 0.1) is 11.8 Å². The maximum Gasteiger partial charge on any atom is 0.317 e. The molecule has 17 heavy (non-hydrogen) atoms. The second-order valence-corrected chi connectivity index (χ2v) is 4.30. The molecule has 0 aromatic heterocycles. The number of esters is 1. The number of unbranched alkanes of at least 4 members (excludes halogenated alkanes) is 2. The summed E-state index contributed by atoms with van der Waals surface area (Å²) in [6.45, 7) is 2.30. The molecule has 1 N–H and O–H groups in total. The molecule has 5 heteroatoms. The molecule has 1 aliphatic carbocycles. The molecule has 0 aromatic carbocycles. The molecular formula is C12H18O5. The molecule has 2 atom stereocenters. The Morgan fingerprint density at radius 2 is 2.12 bits per heavy atom. The highest BCUT2D eigenvalue weighted by Gasteiger charge is 2.45. The molecule has 1 rings (SSSR count). The van der Waals surface area contributed by atoms with E-state index in [1.807, 2.05) is 6.92 Å². The predicted octanol–water partition coefficient (Wildman–Crippen LogP) is 1.40. The van der Waals surface area contributed by atoms with Gasteiger partial charge >= 0.3 is 11.9 Å². The van der Waals surface area contributed by atoms with Crippen LogP contribution in [0.15, 0.2) is 0 Å². The van der Waals surface area contributed by atoms with Gasteiger partial charge in [0.15, 0.2) is 0 Å². The monoisotopic (exact) mass is 242 g/mol. The van der Waals surface area contributed by atoms with Crippen molar-refractivity contribution >= 4 is 17.7 Å². The number of rotatable bonds is 6. The first-order valence-corrected chi connectivity index (χ1v) is 6.00. The van der Waals surface area contributed by atoms with Gasteiger partial charge in [0, 0.05) is 6.42 Å². The van der Waals surface area contributed by atoms with E-state index in [4.69, 9.17) is 9.84 Å². The number of carboxylic acids is 1. The number of hydrogen-bond acceptors (Lipinski definition) is 4. The van der Waals surface area contributed by atoms with E-state index in [0.29, 0.717) is 0 Å². The average Bonchev–Trinajstić information content (AvgIpc) is 2.66. The summed E-state index contributed by atoms with van der Waals surface area (Å²) in [6, 6.07) is 0. The highest BCUT2D eigenvalue weighted by atomic mass is 16.5. The number of carboxylic acid groups (broad SMARTS) is 1. The van der Waals surface area contributed by atoms with Crippen molar-refractivity contribution in [2.75, 3.05) is 6.61 Å². The zero-order valence-electron chi connectivity index (χ0n) is 9.98. The van der Waals surface area contributed by atoms with Gasteiger partial charge in [-0.15, -0.1) is 0 Å². The van der Waals surface area contributed by atoms with Crippen LogP contribution in [0.25, 0.3) is 0 Å². The van der Waals surface area contributed by atoms with Crippen molar-refractivity contribution in [3.63, 3.8) is 0 Å². The van der Waals surface area contributed by atoms with E-state index in [1.165, 1.54) is 0 Å². The quantitative estimate of drug-likeness (QED) is 0.432. The van der Waals surface area contributed by atoms with Crippen molar-refractivity contribution in [2.45, 2.75) is 39.0 Å². The number of aliphatic carboxylic acids is 1. The van der Waals surface area contributed by atoms with Gasteiger partial charge in [0.1, 0.15) is 11.7 Å². The van der Waals surface area contributed by atoms with Crippen LogP contribution in [0.5, 0.6) is 0 Å². The van der Waals surface area contributed by atoms with E-state index in [2.05, 4.69) is 0 Å². The summed E-state index contributed by atoms with van der Waals surface area (Å²) in [6.07, 6.45) is 3.11. The number of ether oxygens (including phenoxy) is 1. The van der Waals surface area contributed by atoms with Crippen LogP contribution < -0.4 is 0 Å². The Balaban J connectivity index is 2.48. The SMILES string of the molecule is CCCCCOC(=O)[C@H]1C(=O)CC[C@@H]1C(=O)O. The number of ketones is 1. The summed E-state index contributed by atoms with van der Waals surface area (Å²) in [4.78, 5) is 34.0. The number of Topliss-reactive ketones (excluding diaryl/α,β-unsaturated/α-hetero) is 1. The second-order valence-electron chi connectivity index (χ2n) is 4.30. The molecule has 96 valence electrons. The maximum atomic E-state index is 11.6. The zero-order chi connectivity index (χ0) is 12.8. The van der Waals surface area contributed by atoms with Crippen LogP contribution in [-0.4, -0.2) is 29.4 Å². The van der Waals surface area contributed by atoms with Gasteiger partial charge in [-0.25, -0.2) is 0 Å². The minimum absolute atomic E-state index is 0.158. The Bertz CT molecular complexity index is 310. The molecule has 1 saturated carbocycles. The Morgan fingerprint density at radius 1 is 1.41 bits per heavy atom. The van der Waals surface area contributed by atoms with Crippen LogP contribution in [0.3, 0.4) is 0 Å². The highest BCUT2D eigenvalue weighted by Crippen LogP contribution is 2.30. The van der Waals surface area contributed by atoms with Crippen LogP contribution in [0.2, 0.25) is 0 Å². The zero-order valence-corrected chi connectivity index (χ0v) is 9.98. The van der Waals surface area contributed by atoms with Crippen LogP contribution in [0.1, 0.15) is 39.0 Å². The molecule has 0 aromatic rings. The van der Waals surface area contributed by atoms with Crippen molar-refractivity contribution in [1.29, 1.82) is 0 Å². The van der Waals surface area contributed by atoms with E-state index in [1.54, 1.807) is 0 Å². The summed E-state index contributed by atoms with van der Waals surface area (Å²) in [5, 5.41) is 8.90. The Kier molecular flexibility index (Phi) is 5.12. The molecule has 1 fully saturated rings. The lowest BCUT2D eigenvalue weighted by molar-refractivity contribution is -0.158. The van der Waals surface area contributed by atoms with Gasteiger partial charge in [-0.1, -0.05) is 19.8 Å². The van der Waals surface area contributed by atoms with Crippen LogP contribution in [-0.2, 0) is 19.1 Å². The minimum atomic E-state index is -1.09. The summed E-state index contributed by atoms with van der Waals surface area (Å²) >= 11 is 0. The Morgan fingerprint density at radius 3 is 2.71 bits per heavy atom. The Hall–Kier alpha value is -1.39. The highest BCUT2D eigenvalue weighted by molar-refractivity contribution is 6.04. The standard InChI is InChI=1S/C12H18O5/c1-2-3-4-7-17-12(16)10-8(11(14)15)5-6-9(10)13/h8,10H,2-7H2,1H3,(H,14,15)/t8-,10+/m0/s1. The lowest BCUT2D eigenvalue weighted by Crippen LogP contribution is -2.31. The molecule has 0 aliphatic heterocycles. The minimum Gasteiger partial charge on any atom is -0.481 e. The number of carbonyl (C=O) groups is 3. The molecule has 5 nitrogen and oxygen atoms in total. The smallest absolute Gasteiger partial charge is 0.317 e. The van der Waals surface area contributed by atoms with E-state index in [0.717, 1.165) is 19.3 Å². The lowest BCUT2D eigenvalue weighted by Gasteiger charge is -2.13. The summed E-state index contributed by atoms with van der Waals surface area (Å²) in [5.74, 6) is -4.06. The summed E-state index contributed by atoms with van der Waals surface area (Å²) in [7, 11) is 0. The van der Waals surface area contributed by atoms with Crippen LogP contribution >= 0.6 is 0 Å². The third-order valence-corrected chi connectivity index (χ3v) is 3.01. The van der Waals surface area contributed by atoms with Crippen molar-refractivity contribution in [3.8, 4) is 0 Å². The third kappa shape index (κ3) is 3.54. The predicted molar refractivity (Wildman–Crippen MR) is 59.3 cm³/mol. The first-order chi connectivity index (χ1) is 8.07. The summed E-state index contributed by atoms with van der Waals surface area (Å²) in [5.41, 5.74) is 0. The van der Waals surface area contributed by atoms with Crippen LogP contribution in [0.4, 0.5) is 0 Å².